The highest BCUT2D eigenvalue weighted by molar-refractivity contribution is 7.99. The van der Waals surface area contributed by atoms with E-state index in [1.54, 1.807) is 0 Å². The van der Waals surface area contributed by atoms with E-state index in [0.717, 1.165) is 30.2 Å². The Bertz CT molecular complexity index is 314. The number of hydrogen-bond donors (Lipinski definition) is 1. The molecule has 0 aliphatic heterocycles. The van der Waals surface area contributed by atoms with Crippen molar-refractivity contribution in [2.75, 3.05) is 5.73 Å². The van der Waals surface area contributed by atoms with Crippen molar-refractivity contribution in [2.24, 2.45) is 0 Å². The molecule has 0 atom stereocenters. The van der Waals surface area contributed by atoms with E-state index in [0.29, 0.717) is 11.2 Å². The third-order valence-electron chi connectivity index (χ3n) is 1.76. The van der Waals surface area contributed by atoms with Gasteiger partial charge in [-0.3, -0.25) is 0 Å². The van der Waals surface area contributed by atoms with Gasteiger partial charge in [-0.05, 0) is 11.7 Å². The summed E-state index contributed by atoms with van der Waals surface area (Å²) in [5.41, 5.74) is 5.62. The Morgan fingerprint density at radius 3 is 2.47 bits per heavy atom. The summed E-state index contributed by atoms with van der Waals surface area (Å²) < 4.78 is 0. The Morgan fingerprint density at radius 2 is 1.87 bits per heavy atom. The molecule has 1 rings (SSSR count). The lowest BCUT2D eigenvalue weighted by Crippen LogP contribution is -2.07. The topological polar surface area (TPSA) is 64.7 Å². The second kappa shape index (κ2) is 5.90. The number of nitrogens with two attached hydrogens (primary N) is 1. The highest BCUT2D eigenvalue weighted by Crippen LogP contribution is 2.14. The number of aryl methyl sites for hydroxylation is 1. The Balaban J connectivity index is 2.70. The lowest BCUT2D eigenvalue weighted by atomic mass is 10.3. The molecule has 0 saturated heterocycles. The van der Waals surface area contributed by atoms with Crippen LogP contribution >= 0.6 is 11.8 Å². The predicted molar refractivity (Wildman–Crippen MR) is 64.7 cm³/mol. The van der Waals surface area contributed by atoms with Gasteiger partial charge in [0.15, 0.2) is 0 Å². The molecule has 2 N–H and O–H groups in total. The van der Waals surface area contributed by atoms with Crippen LogP contribution in [-0.2, 0) is 12.2 Å². The number of anilines is 1. The molecule has 0 fully saturated rings. The van der Waals surface area contributed by atoms with Crippen LogP contribution in [0, 0.1) is 0 Å². The molecule has 84 valence electrons. The molecule has 4 nitrogen and oxygen atoms in total. The zero-order valence-corrected chi connectivity index (χ0v) is 10.3. The molecular formula is C10H18N4S. The number of nitrogens with zero attached hydrogens (tertiary/aromatic N) is 3. The lowest BCUT2D eigenvalue weighted by Gasteiger charge is -2.05. The Morgan fingerprint density at radius 1 is 1.20 bits per heavy atom. The van der Waals surface area contributed by atoms with Crippen molar-refractivity contribution in [2.45, 2.75) is 44.6 Å². The first-order valence-corrected chi connectivity index (χ1v) is 6.27. The molecule has 0 radical (unpaired) electrons. The molecule has 1 aromatic heterocycles. The van der Waals surface area contributed by atoms with Crippen LogP contribution in [-0.4, -0.2) is 20.2 Å². The quantitative estimate of drug-likeness (QED) is 0.832. The molecule has 0 aromatic carbocycles. The Labute approximate surface area is 95.1 Å². The van der Waals surface area contributed by atoms with E-state index in [9.17, 15) is 0 Å². The van der Waals surface area contributed by atoms with E-state index >= 15 is 0 Å². The third kappa shape index (κ3) is 4.46. The van der Waals surface area contributed by atoms with E-state index in [1.807, 2.05) is 11.8 Å². The van der Waals surface area contributed by atoms with Crippen molar-refractivity contribution in [3.8, 4) is 0 Å². The number of nitrogen functional groups attached to an aromatic ring is 1. The maximum Gasteiger partial charge on any atom is 0.223 e. The van der Waals surface area contributed by atoms with Crippen LogP contribution < -0.4 is 5.73 Å². The molecule has 1 heterocycles. The van der Waals surface area contributed by atoms with E-state index in [2.05, 4.69) is 35.7 Å². The minimum Gasteiger partial charge on any atom is -0.368 e. The van der Waals surface area contributed by atoms with Gasteiger partial charge in [0.25, 0.3) is 0 Å². The highest BCUT2D eigenvalue weighted by Gasteiger charge is 2.05. The molecule has 0 amide bonds. The third-order valence-corrected chi connectivity index (χ3v) is 2.86. The van der Waals surface area contributed by atoms with Gasteiger partial charge < -0.3 is 5.73 Å². The summed E-state index contributed by atoms with van der Waals surface area (Å²) in [5, 5.41) is 0.581. The van der Waals surface area contributed by atoms with Crippen LogP contribution in [0.15, 0.2) is 0 Å². The number of hydrogen-bond acceptors (Lipinski definition) is 5. The average Bonchev–Trinajstić information content (AvgIpc) is 2.14. The van der Waals surface area contributed by atoms with E-state index in [4.69, 9.17) is 5.73 Å². The van der Waals surface area contributed by atoms with Crippen molar-refractivity contribution < 1.29 is 0 Å². The van der Waals surface area contributed by atoms with Crippen molar-refractivity contribution in [3.05, 3.63) is 11.6 Å². The second-order valence-electron chi connectivity index (χ2n) is 3.64. The first-order valence-electron chi connectivity index (χ1n) is 5.22. The molecular weight excluding hydrogens is 208 g/mol. The fraction of sp³-hybridized carbons (Fsp3) is 0.700. The largest absolute Gasteiger partial charge is 0.368 e. The van der Waals surface area contributed by atoms with Crippen LogP contribution in [0.1, 0.15) is 38.8 Å². The predicted octanol–water partition coefficient (Wildman–Crippen LogP) is 2.05. The summed E-state index contributed by atoms with van der Waals surface area (Å²) in [5.74, 6) is 2.75. The molecule has 0 unspecified atom stereocenters. The minimum absolute atomic E-state index is 0.341. The number of thioether (sulfide) groups is 1. The molecule has 0 saturated carbocycles. The van der Waals surface area contributed by atoms with Crippen LogP contribution in [0.25, 0.3) is 0 Å². The van der Waals surface area contributed by atoms with Crippen LogP contribution in [0.5, 0.6) is 0 Å². The Hall–Kier alpha value is -0.840. The molecule has 0 spiro atoms. The summed E-state index contributed by atoms with van der Waals surface area (Å²) in [4.78, 5) is 12.6. The monoisotopic (exact) mass is 226 g/mol. The van der Waals surface area contributed by atoms with Crippen LogP contribution in [0.4, 0.5) is 5.95 Å². The normalized spacial score (nSPS) is 10.9. The van der Waals surface area contributed by atoms with Crippen molar-refractivity contribution in [1.29, 1.82) is 0 Å². The fourth-order valence-electron chi connectivity index (χ4n) is 1.13. The number of aromatic nitrogens is 3. The maximum absolute atomic E-state index is 5.62. The van der Waals surface area contributed by atoms with Crippen molar-refractivity contribution in [1.82, 2.24) is 15.0 Å². The first kappa shape index (κ1) is 12.2. The van der Waals surface area contributed by atoms with E-state index in [-0.39, 0.29) is 0 Å². The molecule has 0 aliphatic rings. The minimum atomic E-state index is 0.341. The summed E-state index contributed by atoms with van der Waals surface area (Å²) in [6.07, 6.45) is 1.90. The van der Waals surface area contributed by atoms with Crippen LogP contribution in [0.2, 0.25) is 0 Å². The zero-order chi connectivity index (χ0) is 11.3. The van der Waals surface area contributed by atoms with Gasteiger partial charge in [0.1, 0.15) is 11.6 Å². The van der Waals surface area contributed by atoms with Gasteiger partial charge in [0.2, 0.25) is 5.95 Å². The number of rotatable bonds is 5. The molecule has 15 heavy (non-hydrogen) atoms. The lowest BCUT2D eigenvalue weighted by molar-refractivity contribution is 0.801. The van der Waals surface area contributed by atoms with Gasteiger partial charge in [0.05, 0.1) is 5.75 Å². The fourth-order valence-corrected chi connectivity index (χ4v) is 1.74. The van der Waals surface area contributed by atoms with Gasteiger partial charge in [-0.2, -0.15) is 21.7 Å². The molecule has 0 aliphatic carbocycles. The summed E-state index contributed by atoms with van der Waals surface area (Å²) in [6.45, 7) is 6.41. The highest BCUT2D eigenvalue weighted by atomic mass is 32.2. The van der Waals surface area contributed by atoms with Gasteiger partial charge in [-0.1, -0.05) is 20.8 Å². The average molecular weight is 226 g/mol. The molecule has 0 bridgehead atoms. The standard InChI is InChI=1S/C10H18N4S/c1-4-5-8-12-9(6-15-7(2)3)14-10(11)13-8/h7H,4-6H2,1-3H3,(H2,11,12,13,14). The van der Waals surface area contributed by atoms with Crippen molar-refractivity contribution >= 4 is 17.7 Å². The molecule has 5 heteroatoms. The van der Waals surface area contributed by atoms with Gasteiger partial charge >= 0.3 is 0 Å². The SMILES string of the molecule is CCCc1nc(N)nc(CSC(C)C)n1. The van der Waals surface area contributed by atoms with Crippen LogP contribution in [0.3, 0.4) is 0 Å². The zero-order valence-electron chi connectivity index (χ0n) is 9.53. The van der Waals surface area contributed by atoms with Gasteiger partial charge in [-0.15, -0.1) is 0 Å². The Kier molecular flexibility index (Phi) is 4.81. The van der Waals surface area contributed by atoms with Gasteiger partial charge in [0, 0.05) is 6.42 Å². The smallest absolute Gasteiger partial charge is 0.223 e. The first-order chi connectivity index (χ1) is 7.11. The summed E-state index contributed by atoms with van der Waals surface area (Å²) in [6, 6.07) is 0. The maximum atomic E-state index is 5.62. The van der Waals surface area contributed by atoms with Gasteiger partial charge in [-0.25, -0.2) is 4.98 Å². The van der Waals surface area contributed by atoms with E-state index < -0.39 is 0 Å². The summed E-state index contributed by atoms with van der Waals surface area (Å²) >= 11 is 1.81. The molecule has 1 aromatic rings. The summed E-state index contributed by atoms with van der Waals surface area (Å²) in [7, 11) is 0. The van der Waals surface area contributed by atoms with Crippen molar-refractivity contribution in [3.63, 3.8) is 0 Å². The van der Waals surface area contributed by atoms with E-state index in [1.165, 1.54) is 0 Å². The second-order valence-corrected chi connectivity index (χ2v) is 5.20.